The molecule has 1 atom stereocenters. The minimum Gasteiger partial charge on any atom is -0.375 e. The van der Waals surface area contributed by atoms with E-state index >= 15 is 0 Å². The molecular weight excluding hydrogens is 296 g/mol. The van der Waals surface area contributed by atoms with E-state index in [0.29, 0.717) is 0 Å². The zero-order chi connectivity index (χ0) is 17.1. The third kappa shape index (κ3) is 3.84. The van der Waals surface area contributed by atoms with Crippen LogP contribution in [0.2, 0.25) is 0 Å². The van der Waals surface area contributed by atoms with E-state index < -0.39 is 0 Å². The number of fused-ring (bicyclic) bond motifs is 1. The molecule has 0 bridgehead atoms. The van der Waals surface area contributed by atoms with Crippen LogP contribution < -0.4 is 0 Å². The Bertz CT molecular complexity index is 692. The molecule has 0 saturated heterocycles. The van der Waals surface area contributed by atoms with Crippen LogP contribution in [0.25, 0.3) is 11.3 Å². The van der Waals surface area contributed by atoms with Gasteiger partial charge >= 0.3 is 0 Å². The summed E-state index contributed by atoms with van der Waals surface area (Å²) in [5.41, 5.74) is 7.29. The van der Waals surface area contributed by atoms with E-state index in [-0.39, 0.29) is 12.2 Å². The third-order valence-corrected chi connectivity index (χ3v) is 4.81. The van der Waals surface area contributed by atoms with Crippen molar-refractivity contribution in [3.05, 3.63) is 46.6 Å². The minimum absolute atomic E-state index is 0.268. The van der Waals surface area contributed by atoms with Gasteiger partial charge in [-0.3, -0.25) is 0 Å². The van der Waals surface area contributed by atoms with Crippen molar-refractivity contribution in [3.63, 3.8) is 0 Å². The average molecular weight is 324 g/mol. The smallest absolute Gasteiger partial charge is 0.0964 e. The minimum atomic E-state index is 0.268. The first kappa shape index (κ1) is 17.1. The summed E-state index contributed by atoms with van der Waals surface area (Å²) in [6.45, 7) is 8.44. The van der Waals surface area contributed by atoms with Crippen LogP contribution in [0.4, 0.5) is 0 Å². The van der Waals surface area contributed by atoms with E-state index in [1.807, 2.05) is 0 Å². The van der Waals surface area contributed by atoms with E-state index in [1.54, 1.807) is 0 Å². The molecule has 24 heavy (non-hydrogen) atoms. The van der Waals surface area contributed by atoms with Gasteiger partial charge in [0.2, 0.25) is 0 Å². The Morgan fingerprint density at radius 2 is 1.75 bits per heavy atom. The normalized spacial score (nSPS) is 18.1. The van der Waals surface area contributed by atoms with E-state index in [1.165, 1.54) is 35.1 Å². The zero-order valence-electron chi connectivity index (χ0n) is 15.3. The summed E-state index contributed by atoms with van der Waals surface area (Å²) in [5, 5.41) is 9.03. The SMILES string of the molecule is Cc1ccc(-c2nnc(C)c3c2CCCCC(OC(C)C)C3)cc1. The Balaban J connectivity index is 2.02. The lowest BCUT2D eigenvalue weighted by Crippen LogP contribution is -2.24. The topological polar surface area (TPSA) is 35.0 Å². The van der Waals surface area contributed by atoms with Crippen molar-refractivity contribution in [1.29, 1.82) is 0 Å². The first-order valence-electron chi connectivity index (χ1n) is 9.12. The molecule has 0 spiro atoms. The summed E-state index contributed by atoms with van der Waals surface area (Å²) in [7, 11) is 0. The predicted molar refractivity (Wildman–Crippen MR) is 98.2 cm³/mol. The molecule has 1 unspecified atom stereocenters. The second-order valence-electron chi connectivity index (χ2n) is 7.21. The molecule has 0 N–H and O–H groups in total. The summed E-state index contributed by atoms with van der Waals surface area (Å²) < 4.78 is 6.15. The highest BCUT2D eigenvalue weighted by Crippen LogP contribution is 2.31. The fraction of sp³-hybridized carbons (Fsp3) is 0.524. The highest BCUT2D eigenvalue weighted by atomic mass is 16.5. The molecule has 3 nitrogen and oxygen atoms in total. The van der Waals surface area contributed by atoms with Crippen molar-refractivity contribution in [2.45, 2.75) is 72.0 Å². The standard InChI is InChI=1S/C21H28N2O/c1-14(2)24-18-7-5-6-8-19-20(13-18)16(4)22-23-21(19)17-11-9-15(3)10-12-17/h9-12,14,18H,5-8,13H2,1-4H3. The van der Waals surface area contributed by atoms with Crippen LogP contribution >= 0.6 is 0 Å². The Morgan fingerprint density at radius 3 is 2.46 bits per heavy atom. The average Bonchev–Trinajstić information content (AvgIpc) is 2.52. The van der Waals surface area contributed by atoms with E-state index in [2.05, 4.69) is 62.2 Å². The van der Waals surface area contributed by atoms with Crippen molar-refractivity contribution in [1.82, 2.24) is 10.2 Å². The van der Waals surface area contributed by atoms with Crippen molar-refractivity contribution in [2.24, 2.45) is 0 Å². The molecule has 0 amide bonds. The number of hydrogen-bond acceptors (Lipinski definition) is 3. The van der Waals surface area contributed by atoms with Gasteiger partial charge in [0, 0.05) is 12.0 Å². The number of nitrogens with zero attached hydrogens (tertiary/aromatic N) is 2. The Labute approximate surface area is 145 Å². The number of aryl methyl sites for hydroxylation is 2. The maximum atomic E-state index is 6.15. The molecule has 1 aliphatic carbocycles. The van der Waals surface area contributed by atoms with Crippen LogP contribution in [-0.2, 0) is 17.6 Å². The molecule has 1 aromatic heterocycles. The van der Waals surface area contributed by atoms with E-state index in [9.17, 15) is 0 Å². The predicted octanol–water partition coefficient (Wildman–Crippen LogP) is 4.82. The number of rotatable bonds is 3. The molecule has 3 rings (SSSR count). The summed E-state index contributed by atoms with van der Waals surface area (Å²) in [4.78, 5) is 0. The van der Waals surface area contributed by atoms with Crippen LogP contribution in [0.1, 0.15) is 55.5 Å². The van der Waals surface area contributed by atoms with Gasteiger partial charge < -0.3 is 4.74 Å². The zero-order valence-corrected chi connectivity index (χ0v) is 15.3. The fourth-order valence-corrected chi connectivity index (χ4v) is 3.60. The number of aromatic nitrogens is 2. The molecule has 1 aromatic carbocycles. The van der Waals surface area contributed by atoms with Crippen LogP contribution in [0.5, 0.6) is 0 Å². The van der Waals surface area contributed by atoms with Gasteiger partial charge in [0.15, 0.2) is 0 Å². The molecule has 0 fully saturated rings. The lowest BCUT2D eigenvalue weighted by molar-refractivity contribution is 0.00148. The van der Waals surface area contributed by atoms with Gasteiger partial charge in [-0.15, -0.1) is 5.10 Å². The largest absolute Gasteiger partial charge is 0.375 e. The molecule has 1 aliphatic rings. The van der Waals surface area contributed by atoms with Crippen molar-refractivity contribution < 1.29 is 4.74 Å². The lowest BCUT2D eigenvalue weighted by atomic mass is 9.88. The van der Waals surface area contributed by atoms with Crippen LogP contribution in [-0.4, -0.2) is 22.4 Å². The highest BCUT2D eigenvalue weighted by Gasteiger charge is 2.22. The number of benzene rings is 1. The van der Waals surface area contributed by atoms with Crippen LogP contribution in [0.3, 0.4) is 0 Å². The molecular formula is C21H28N2O. The summed E-state index contributed by atoms with van der Waals surface area (Å²) in [5.74, 6) is 0. The second-order valence-corrected chi connectivity index (χ2v) is 7.21. The van der Waals surface area contributed by atoms with Crippen molar-refractivity contribution >= 4 is 0 Å². The lowest BCUT2D eigenvalue weighted by Gasteiger charge is -2.26. The van der Waals surface area contributed by atoms with Crippen LogP contribution in [0, 0.1) is 13.8 Å². The van der Waals surface area contributed by atoms with Crippen molar-refractivity contribution in [3.8, 4) is 11.3 Å². The van der Waals surface area contributed by atoms with Gasteiger partial charge in [-0.2, -0.15) is 5.10 Å². The Kier molecular flexibility index (Phi) is 5.30. The molecule has 2 aromatic rings. The second kappa shape index (κ2) is 7.43. The van der Waals surface area contributed by atoms with Gasteiger partial charge in [0.1, 0.15) is 0 Å². The van der Waals surface area contributed by atoms with Gasteiger partial charge in [0.05, 0.1) is 23.6 Å². The van der Waals surface area contributed by atoms with Gasteiger partial charge in [0.25, 0.3) is 0 Å². The molecule has 0 saturated carbocycles. The number of ether oxygens (including phenoxy) is 1. The van der Waals surface area contributed by atoms with Crippen LogP contribution in [0.15, 0.2) is 24.3 Å². The highest BCUT2D eigenvalue weighted by molar-refractivity contribution is 5.65. The number of hydrogen-bond donors (Lipinski definition) is 0. The summed E-state index contributed by atoms with van der Waals surface area (Å²) >= 11 is 0. The quantitative estimate of drug-likeness (QED) is 0.811. The van der Waals surface area contributed by atoms with Gasteiger partial charge in [-0.1, -0.05) is 36.2 Å². The molecule has 3 heteroatoms. The Morgan fingerprint density at radius 1 is 1.00 bits per heavy atom. The monoisotopic (exact) mass is 324 g/mol. The molecule has 1 heterocycles. The fourth-order valence-electron chi connectivity index (χ4n) is 3.60. The maximum Gasteiger partial charge on any atom is 0.0964 e. The summed E-state index contributed by atoms with van der Waals surface area (Å²) in [6.07, 6.45) is 6.14. The molecule has 0 aliphatic heterocycles. The van der Waals surface area contributed by atoms with Crippen molar-refractivity contribution in [2.75, 3.05) is 0 Å². The molecule has 128 valence electrons. The van der Waals surface area contributed by atoms with E-state index in [0.717, 1.165) is 30.7 Å². The first-order valence-corrected chi connectivity index (χ1v) is 9.12. The van der Waals surface area contributed by atoms with E-state index in [4.69, 9.17) is 4.74 Å². The summed E-state index contributed by atoms with van der Waals surface area (Å²) in [6, 6.07) is 8.62. The third-order valence-electron chi connectivity index (χ3n) is 4.81. The first-order chi connectivity index (χ1) is 11.5. The Hall–Kier alpha value is -1.74. The van der Waals surface area contributed by atoms with Gasteiger partial charge in [-0.25, -0.2) is 0 Å². The van der Waals surface area contributed by atoms with Gasteiger partial charge in [-0.05, 0) is 58.1 Å². The maximum absolute atomic E-state index is 6.15. The molecule has 0 radical (unpaired) electrons.